The van der Waals surface area contributed by atoms with Gasteiger partial charge in [-0.05, 0) is 62.2 Å². The number of ether oxygens (including phenoxy) is 1. The van der Waals surface area contributed by atoms with Gasteiger partial charge in [0, 0.05) is 0 Å². The lowest BCUT2D eigenvalue weighted by molar-refractivity contribution is -0.158. The zero-order valence-electron chi connectivity index (χ0n) is 14.4. The SMILES string of the molecule is CCCCC1CCC(C2CCC(COC(=O)C(F)F)CC2)CC1. The van der Waals surface area contributed by atoms with E-state index in [0.717, 1.165) is 30.6 Å². The maximum absolute atomic E-state index is 12.1. The van der Waals surface area contributed by atoms with Crippen molar-refractivity contribution in [3.05, 3.63) is 0 Å². The van der Waals surface area contributed by atoms with Crippen LogP contribution in [0.5, 0.6) is 0 Å². The quantitative estimate of drug-likeness (QED) is 0.568. The normalized spacial score (nSPS) is 32.0. The maximum atomic E-state index is 12.1. The summed E-state index contributed by atoms with van der Waals surface area (Å²) in [5.41, 5.74) is 0. The third kappa shape index (κ3) is 6.04. The number of carbonyl (C=O) groups excluding carboxylic acids is 1. The number of halogens is 2. The molecule has 0 amide bonds. The molecule has 0 unspecified atom stereocenters. The van der Waals surface area contributed by atoms with E-state index in [9.17, 15) is 13.6 Å². The summed E-state index contributed by atoms with van der Waals surface area (Å²) in [5.74, 6) is 1.56. The van der Waals surface area contributed by atoms with Crippen LogP contribution >= 0.6 is 0 Å². The van der Waals surface area contributed by atoms with Gasteiger partial charge in [0.15, 0.2) is 0 Å². The van der Waals surface area contributed by atoms with E-state index in [1.165, 1.54) is 57.8 Å². The summed E-state index contributed by atoms with van der Waals surface area (Å²) in [6, 6.07) is 0. The van der Waals surface area contributed by atoms with Gasteiger partial charge in [0.1, 0.15) is 0 Å². The van der Waals surface area contributed by atoms with Crippen LogP contribution in [-0.4, -0.2) is 19.0 Å². The molecule has 2 aliphatic carbocycles. The first-order chi connectivity index (χ1) is 11.1. The highest BCUT2D eigenvalue weighted by Gasteiger charge is 2.31. The van der Waals surface area contributed by atoms with Gasteiger partial charge < -0.3 is 4.74 Å². The molecule has 2 aliphatic rings. The molecule has 134 valence electrons. The van der Waals surface area contributed by atoms with Crippen LogP contribution in [0.1, 0.15) is 77.6 Å². The molecule has 0 atom stereocenters. The van der Waals surface area contributed by atoms with Crippen LogP contribution in [-0.2, 0) is 9.53 Å². The number of esters is 1. The molecule has 2 fully saturated rings. The molecule has 0 radical (unpaired) electrons. The van der Waals surface area contributed by atoms with Crippen LogP contribution in [0.3, 0.4) is 0 Å². The lowest BCUT2D eigenvalue weighted by Gasteiger charge is -2.37. The largest absolute Gasteiger partial charge is 0.461 e. The molecule has 0 bridgehead atoms. The van der Waals surface area contributed by atoms with Gasteiger partial charge in [-0.15, -0.1) is 0 Å². The fourth-order valence-corrected chi connectivity index (χ4v) is 4.53. The highest BCUT2D eigenvalue weighted by Crippen LogP contribution is 2.42. The topological polar surface area (TPSA) is 26.3 Å². The number of hydrogen-bond donors (Lipinski definition) is 0. The van der Waals surface area contributed by atoms with Crippen LogP contribution in [0.15, 0.2) is 0 Å². The van der Waals surface area contributed by atoms with Gasteiger partial charge in [0.05, 0.1) is 6.61 Å². The molecule has 2 nitrogen and oxygen atoms in total. The average Bonchev–Trinajstić information content (AvgIpc) is 2.58. The smallest absolute Gasteiger partial charge is 0.373 e. The van der Waals surface area contributed by atoms with E-state index in [0.29, 0.717) is 0 Å². The first-order valence-corrected chi connectivity index (χ1v) is 9.54. The molecule has 0 saturated heterocycles. The summed E-state index contributed by atoms with van der Waals surface area (Å²) >= 11 is 0. The summed E-state index contributed by atoms with van der Waals surface area (Å²) in [5, 5.41) is 0. The van der Waals surface area contributed by atoms with Crippen LogP contribution in [0.2, 0.25) is 0 Å². The monoisotopic (exact) mass is 330 g/mol. The maximum Gasteiger partial charge on any atom is 0.373 e. The fourth-order valence-electron chi connectivity index (χ4n) is 4.53. The van der Waals surface area contributed by atoms with Crippen molar-refractivity contribution in [2.75, 3.05) is 6.61 Å². The van der Waals surface area contributed by atoms with Crippen LogP contribution in [0, 0.1) is 23.7 Å². The minimum absolute atomic E-state index is 0.180. The third-order valence-corrected chi connectivity index (χ3v) is 6.05. The second-order valence-electron chi connectivity index (χ2n) is 7.63. The molecule has 0 spiro atoms. The molecule has 0 aromatic carbocycles. The Morgan fingerprint density at radius 2 is 1.48 bits per heavy atom. The van der Waals surface area contributed by atoms with E-state index in [-0.39, 0.29) is 12.5 Å². The first kappa shape index (κ1) is 18.7. The van der Waals surface area contributed by atoms with E-state index >= 15 is 0 Å². The molecular formula is C19H32F2O2. The molecule has 0 heterocycles. The number of rotatable bonds is 7. The lowest BCUT2D eigenvalue weighted by Crippen LogP contribution is -2.28. The highest BCUT2D eigenvalue weighted by molar-refractivity contribution is 5.72. The Balaban J connectivity index is 1.62. The third-order valence-electron chi connectivity index (χ3n) is 6.05. The van der Waals surface area contributed by atoms with E-state index in [4.69, 9.17) is 0 Å². The Bertz CT molecular complexity index is 343. The van der Waals surface area contributed by atoms with Crippen molar-refractivity contribution >= 4 is 5.97 Å². The Morgan fingerprint density at radius 3 is 1.96 bits per heavy atom. The van der Waals surface area contributed by atoms with Gasteiger partial charge >= 0.3 is 12.4 Å². The molecule has 0 aromatic heterocycles. The zero-order chi connectivity index (χ0) is 16.7. The van der Waals surface area contributed by atoms with Crippen molar-refractivity contribution in [2.45, 2.75) is 84.0 Å². The predicted molar refractivity (Wildman–Crippen MR) is 87.4 cm³/mol. The number of alkyl halides is 2. The number of hydrogen-bond acceptors (Lipinski definition) is 2. The van der Waals surface area contributed by atoms with Crippen molar-refractivity contribution < 1.29 is 18.3 Å². The van der Waals surface area contributed by atoms with Gasteiger partial charge in [-0.2, -0.15) is 8.78 Å². The summed E-state index contributed by atoms with van der Waals surface area (Å²) < 4.78 is 28.9. The van der Waals surface area contributed by atoms with E-state index in [1.54, 1.807) is 0 Å². The Labute approximate surface area is 139 Å². The Morgan fingerprint density at radius 1 is 0.957 bits per heavy atom. The summed E-state index contributed by atoms with van der Waals surface area (Å²) in [6.07, 6.45) is 11.1. The van der Waals surface area contributed by atoms with Gasteiger partial charge in [-0.3, -0.25) is 0 Å². The first-order valence-electron chi connectivity index (χ1n) is 9.54. The van der Waals surface area contributed by atoms with E-state index < -0.39 is 12.4 Å². The summed E-state index contributed by atoms with van der Waals surface area (Å²) in [7, 11) is 0. The zero-order valence-corrected chi connectivity index (χ0v) is 14.4. The molecule has 0 aliphatic heterocycles. The van der Waals surface area contributed by atoms with E-state index in [1.807, 2.05) is 0 Å². The molecule has 2 saturated carbocycles. The fraction of sp³-hybridized carbons (Fsp3) is 0.947. The van der Waals surface area contributed by atoms with Crippen molar-refractivity contribution in [3.63, 3.8) is 0 Å². The molecule has 4 heteroatoms. The van der Waals surface area contributed by atoms with Gasteiger partial charge in [0.2, 0.25) is 0 Å². The second kappa shape index (κ2) is 9.58. The van der Waals surface area contributed by atoms with Crippen LogP contribution < -0.4 is 0 Å². The van der Waals surface area contributed by atoms with Gasteiger partial charge in [-0.25, -0.2) is 4.79 Å². The minimum Gasteiger partial charge on any atom is -0.461 e. The Hall–Kier alpha value is -0.670. The predicted octanol–water partition coefficient (Wildman–Crippen LogP) is 5.60. The molecule has 0 aromatic rings. The van der Waals surface area contributed by atoms with Crippen molar-refractivity contribution in [2.24, 2.45) is 23.7 Å². The van der Waals surface area contributed by atoms with Crippen molar-refractivity contribution in [1.82, 2.24) is 0 Å². The molecular weight excluding hydrogens is 298 g/mol. The van der Waals surface area contributed by atoms with Gasteiger partial charge in [0.25, 0.3) is 0 Å². The number of unbranched alkanes of at least 4 members (excludes halogenated alkanes) is 1. The minimum atomic E-state index is -2.99. The highest BCUT2D eigenvalue weighted by atomic mass is 19.3. The van der Waals surface area contributed by atoms with Crippen molar-refractivity contribution in [3.8, 4) is 0 Å². The van der Waals surface area contributed by atoms with Crippen molar-refractivity contribution in [1.29, 1.82) is 0 Å². The number of carbonyl (C=O) groups is 1. The lowest BCUT2D eigenvalue weighted by atomic mass is 9.69. The van der Waals surface area contributed by atoms with Crippen LogP contribution in [0.4, 0.5) is 8.78 Å². The van der Waals surface area contributed by atoms with Gasteiger partial charge in [-0.1, -0.05) is 39.0 Å². The summed E-state index contributed by atoms with van der Waals surface area (Å²) in [4.78, 5) is 10.8. The average molecular weight is 330 g/mol. The summed E-state index contributed by atoms with van der Waals surface area (Å²) in [6.45, 7) is 2.45. The molecule has 2 rings (SSSR count). The molecule has 23 heavy (non-hydrogen) atoms. The molecule has 0 N–H and O–H groups in total. The second-order valence-corrected chi connectivity index (χ2v) is 7.63. The standard InChI is InChI=1S/C19H32F2O2/c1-2-3-4-14-5-9-16(10-6-14)17-11-7-15(8-12-17)13-23-19(22)18(20)21/h14-18H,2-13H2,1H3. The van der Waals surface area contributed by atoms with E-state index in [2.05, 4.69) is 11.7 Å². The van der Waals surface area contributed by atoms with Crippen LogP contribution in [0.25, 0.3) is 0 Å². The Kier molecular flexibility index (Phi) is 7.78.